The molecule has 4 nitrogen and oxygen atoms in total. The molecule has 1 N–H and O–H groups in total. The molecule has 0 spiro atoms. The largest absolute Gasteiger partial charge is 0.481 e. The Hall–Kier alpha value is -1.58. The number of carboxylic acid groups (broad SMARTS) is 1. The molecule has 0 aromatic heterocycles. The maximum atomic E-state index is 12.0. The summed E-state index contributed by atoms with van der Waals surface area (Å²) >= 11 is 0. The molecule has 0 aliphatic carbocycles. The van der Waals surface area contributed by atoms with Crippen LogP contribution in [0.2, 0.25) is 0 Å². The number of ether oxygens (including phenoxy) is 1. The zero-order chi connectivity index (χ0) is 30.1. The van der Waals surface area contributed by atoms with Gasteiger partial charge in [-0.05, 0) is 26.2 Å². The minimum atomic E-state index is -0.940. The number of unbranched alkanes of at least 4 members (excludes halogenated alkanes) is 25. The van der Waals surface area contributed by atoms with E-state index >= 15 is 0 Å². The first-order chi connectivity index (χ1) is 20.1. The number of carbonyl (C=O) groups is 2. The van der Waals surface area contributed by atoms with Crippen molar-refractivity contribution in [3.05, 3.63) is 24.8 Å². The van der Waals surface area contributed by atoms with Crippen LogP contribution in [0, 0.1) is 5.92 Å². The highest BCUT2D eigenvalue weighted by Crippen LogP contribution is 2.19. The van der Waals surface area contributed by atoms with Crippen molar-refractivity contribution in [1.29, 1.82) is 0 Å². The number of esters is 1. The maximum absolute atomic E-state index is 12.0. The topological polar surface area (TPSA) is 63.6 Å². The molecule has 4 heteroatoms. The summed E-state index contributed by atoms with van der Waals surface area (Å²) in [7, 11) is 0. The first kappa shape index (κ1) is 39.4. The average Bonchev–Trinajstić information content (AvgIpc) is 2.96. The molecule has 0 heterocycles. The van der Waals surface area contributed by atoms with Crippen molar-refractivity contribution in [1.82, 2.24) is 0 Å². The SMILES string of the molecule is C=CCOC(=O)C(CCCCCCCCCCCCCCCCCCCCCCCCCCC/C=C/C)CC(=O)O. The van der Waals surface area contributed by atoms with E-state index in [0.717, 1.165) is 12.8 Å². The summed E-state index contributed by atoms with van der Waals surface area (Å²) in [4.78, 5) is 23.0. The first-order valence-corrected chi connectivity index (χ1v) is 17.7. The van der Waals surface area contributed by atoms with Crippen LogP contribution in [-0.4, -0.2) is 23.7 Å². The van der Waals surface area contributed by atoms with E-state index in [1.54, 1.807) is 0 Å². The van der Waals surface area contributed by atoms with Crippen LogP contribution in [0.1, 0.15) is 187 Å². The van der Waals surface area contributed by atoms with Gasteiger partial charge in [0.25, 0.3) is 0 Å². The Morgan fingerprint density at radius 2 is 0.951 bits per heavy atom. The van der Waals surface area contributed by atoms with Crippen molar-refractivity contribution >= 4 is 11.9 Å². The van der Waals surface area contributed by atoms with E-state index in [4.69, 9.17) is 9.84 Å². The van der Waals surface area contributed by atoms with Crippen LogP contribution in [0.5, 0.6) is 0 Å². The van der Waals surface area contributed by atoms with Crippen molar-refractivity contribution in [3.8, 4) is 0 Å². The quantitative estimate of drug-likeness (QED) is 0.0479. The molecule has 41 heavy (non-hydrogen) atoms. The zero-order valence-corrected chi connectivity index (χ0v) is 27.2. The van der Waals surface area contributed by atoms with Crippen molar-refractivity contribution in [3.63, 3.8) is 0 Å². The smallest absolute Gasteiger partial charge is 0.309 e. The second-order valence-corrected chi connectivity index (χ2v) is 12.2. The summed E-state index contributed by atoms with van der Waals surface area (Å²) in [6.45, 7) is 5.79. The van der Waals surface area contributed by atoms with Crippen LogP contribution >= 0.6 is 0 Å². The molecule has 1 atom stereocenters. The highest BCUT2D eigenvalue weighted by atomic mass is 16.5. The molecule has 0 saturated heterocycles. The molecule has 0 radical (unpaired) electrons. The molecule has 0 aliphatic heterocycles. The van der Waals surface area contributed by atoms with Crippen LogP contribution in [0.4, 0.5) is 0 Å². The predicted octanol–water partition coefficient (Wildman–Crippen LogP) is 11.9. The van der Waals surface area contributed by atoms with E-state index in [-0.39, 0.29) is 13.0 Å². The van der Waals surface area contributed by atoms with Gasteiger partial charge < -0.3 is 9.84 Å². The number of allylic oxidation sites excluding steroid dienone is 2. The molecule has 240 valence electrons. The van der Waals surface area contributed by atoms with E-state index in [1.807, 2.05) is 0 Å². The summed E-state index contributed by atoms with van der Waals surface area (Å²) in [5, 5.41) is 9.03. The van der Waals surface area contributed by atoms with E-state index in [2.05, 4.69) is 25.7 Å². The molecule has 0 aromatic carbocycles. The first-order valence-electron chi connectivity index (χ1n) is 17.7. The molecule has 0 amide bonds. The maximum Gasteiger partial charge on any atom is 0.309 e. The Morgan fingerprint density at radius 1 is 0.610 bits per heavy atom. The molecular weight excluding hydrogens is 508 g/mol. The summed E-state index contributed by atoms with van der Waals surface area (Å²) < 4.78 is 5.05. The number of carbonyl (C=O) groups excluding carboxylic acids is 1. The van der Waals surface area contributed by atoms with Gasteiger partial charge in [0.2, 0.25) is 0 Å². The molecule has 1 unspecified atom stereocenters. The lowest BCUT2D eigenvalue weighted by atomic mass is 9.97. The molecule has 0 fully saturated rings. The minimum absolute atomic E-state index is 0.144. The summed E-state index contributed by atoms with van der Waals surface area (Å²) in [6.07, 6.45) is 41.7. The van der Waals surface area contributed by atoms with Gasteiger partial charge in [0.1, 0.15) is 6.61 Å². The fraction of sp³-hybridized carbons (Fsp3) is 0.838. The van der Waals surface area contributed by atoms with E-state index in [0.29, 0.717) is 6.42 Å². The van der Waals surface area contributed by atoms with E-state index in [9.17, 15) is 9.59 Å². The monoisotopic (exact) mass is 577 g/mol. The van der Waals surface area contributed by atoms with Crippen molar-refractivity contribution in [2.75, 3.05) is 6.61 Å². The van der Waals surface area contributed by atoms with Gasteiger partial charge in [-0.1, -0.05) is 179 Å². The van der Waals surface area contributed by atoms with Crippen LogP contribution in [0.3, 0.4) is 0 Å². The van der Waals surface area contributed by atoms with Crippen LogP contribution in [0.25, 0.3) is 0 Å². The fourth-order valence-electron chi connectivity index (χ4n) is 5.66. The highest BCUT2D eigenvalue weighted by Gasteiger charge is 2.22. The van der Waals surface area contributed by atoms with Crippen LogP contribution in [-0.2, 0) is 14.3 Å². The molecular formula is C37H68O4. The second kappa shape index (κ2) is 32.9. The third-order valence-corrected chi connectivity index (χ3v) is 8.26. The summed E-state index contributed by atoms with van der Waals surface area (Å²) in [6, 6.07) is 0. The lowest BCUT2D eigenvalue weighted by Gasteiger charge is -2.13. The van der Waals surface area contributed by atoms with Gasteiger partial charge >= 0.3 is 11.9 Å². The molecule has 0 aliphatic rings. The number of hydrogen-bond donors (Lipinski definition) is 1. The Balaban J connectivity index is 3.29. The van der Waals surface area contributed by atoms with Gasteiger partial charge in [0, 0.05) is 0 Å². The number of aliphatic carboxylic acids is 1. The van der Waals surface area contributed by atoms with Gasteiger partial charge in [0.05, 0.1) is 12.3 Å². The molecule has 0 rings (SSSR count). The lowest BCUT2D eigenvalue weighted by Crippen LogP contribution is -2.21. The Morgan fingerprint density at radius 3 is 1.27 bits per heavy atom. The normalized spacial score (nSPS) is 12.1. The lowest BCUT2D eigenvalue weighted by molar-refractivity contribution is -0.152. The summed E-state index contributed by atoms with van der Waals surface area (Å²) in [5.74, 6) is -1.88. The summed E-state index contributed by atoms with van der Waals surface area (Å²) in [5.41, 5.74) is 0. The third-order valence-electron chi connectivity index (χ3n) is 8.26. The zero-order valence-electron chi connectivity index (χ0n) is 27.2. The highest BCUT2D eigenvalue weighted by molar-refractivity contribution is 5.79. The molecule has 0 bridgehead atoms. The van der Waals surface area contributed by atoms with Crippen molar-refractivity contribution < 1.29 is 19.4 Å². The number of hydrogen-bond acceptors (Lipinski definition) is 3. The standard InChI is InChI=1S/C37H68O4/c1-3-5-6-7-8-9-10-11-12-13-14-15-16-17-18-19-20-21-22-23-24-25-26-27-28-29-30-31-32-35(34-36(38)39)37(40)41-33-4-2/h3-5,35H,2,6-34H2,1H3,(H,38,39)/b5-3+. The van der Waals surface area contributed by atoms with Gasteiger partial charge in [0.15, 0.2) is 0 Å². The van der Waals surface area contributed by atoms with Gasteiger partial charge in [-0.2, -0.15) is 0 Å². The average molecular weight is 577 g/mol. The van der Waals surface area contributed by atoms with Crippen molar-refractivity contribution in [2.24, 2.45) is 5.92 Å². The van der Waals surface area contributed by atoms with Gasteiger partial charge in [-0.25, -0.2) is 0 Å². The third kappa shape index (κ3) is 31.2. The van der Waals surface area contributed by atoms with Crippen LogP contribution in [0.15, 0.2) is 24.8 Å². The second-order valence-electron chi connectivity index (χ2n) is 12.2. The predicted molar refractivity (Wildman–Crippen MR) is 176 cm³/mol. The minimum Gasteiger partial charge on any atom is -0.481 e. The number of carboxylic acids is 1. The molecule has 0 saturated carbocycles. The number of rotatable bonds is 33. The Labute approximate surface area is 255 Å². The Bertz CT molecular complexity index is 612. The van der Waals surface area contributed by atoms with E-state index < -0.39 is 17.9 Å². The Kier molecular flexibility index (Phi) is 31.7. The van der Waals surface area contributed by atoms with Gasteiger partial charge in [-0.3, -0.25) is 9.59 Å². The van der Waals surface area contributed by atoms with Crippen molar-refractivity contribution in [2.45, 2.75) is 187 Å². The van der Waals surface area contributed by atoms with Gasteiger partial charge in [-0.15, -0.1) is 0 Å². The molecule has 0 aromatic rings. The van der Waals surface area contributed by atoms with Crippen LogP contribution < -0.4 is 0 Å². The fourth-order valence-corrected chi connectivity index (χ4v) is 5.66. The van der Waals surface area contributed by atoms with E-state index in [1.165, 1.54) is 160 Å².